The van der Waals surface area contributed by atoms with Crippen LogP contribution >= 0.6 is 12.2 Å². The van der Waals surface area contributed by atoms with Gasteiger partial charge >= 0.3 is 0 Å². The van der Waals surface area contributed by atoms with Crippen molar-refractivity contribution in [2.24, 2.45) is 5.73 Å². The highest BCUT2D eigenvalue weighted by molar-refractivity contribution is 7.80. The molecule has 0 heterocycles. The van der Waals surface area contributed by atoms with Gasteiger partial charge in [-0.1, -0.05) is 44.6 Å². The number of non-ortho nitro benzene ring substituents is 1. The van der Waals surface area contributed by atoms with Gasteiger partial charge in [0.2, 0.25) is 0 Å². The molecule has 0 bridgehead atoms. The number of benzene rings is 1. The number of hydrogen-bond donors (Lipinski definition) is 1. The summed E-state index contributed by atoms with van der Waals surface area (Å²) in [6.45, 7) is 5.83. The SMILES string of the molecule is CCCCN(CC)C(C(N)=S)c1cccc([N+](=O)[O-])c1. The van der Waals surface area contributed by atoms with Crippen LogP contribution in [0, 0.1) is 10.1 Å². The molecule has 0 amide bonds. The first-order valence-electron chi connectivity index (χ1n) is 6.79. The first kappa shape index (κ1) is 16.5. The fourth-order valence-corrected chi connectivity index (χ4v) is 2.48. The summed E-state index contributed by atoms with van der Waals surface area (Å²) in [6.07, 6.45) is 2.12. The molecule has 1 aromatic carbocycles. The Balaban J connectivity index is 3.09. The van der Waals surface area contributed by atoms with Gasteiger partial charge in [-0.3, -0.25) is 15.0 Å². The summed E-state index contributed by atoms with van der Waals surface area (Å²) in [7, 11) is 0. The average molecular weight is 295 g/mol. The Morgan fingerprint density at radius 1 is 1.50 bits per heavy atom. The summed E-state index contributed by atoms with van der Waals surface area (Å²) < 4.78 is 0. The number of nitro groups is 1. The lowest BCUT2D eigenvalue weighted by Gasteiger charge is -2.30. The monoisotopic (exact) mass is 295 g/mol. The van der Waals surface area contributed by atoms with Crippen LogP contribution < -0.4 is 5.73 Å². The van der Waals surface area contributed by atoms with Gasteiger partial charge in [-0.05, 0) is 25.1 Å². The zero-order valence-electron chi connectivity index (χ0n) is 11.9. The maximum atomic E-state index is 10.9. The minimum atomic E-state index is -0.400. The summed E-state index contributed by atoms with van der Waals surface area (Å²) >= 11 is 5.17. The molecule has 0 saturated heterocycles. The zero-order valence-corrected chi connectivity index (χ0v) is 12.7. The fraction of sp³-hybridized carbons (Fsp3) is 0.500. The Bertz CT molecular complexity index is 479. The van der Waals surface area contributed by atoms with E-state index in [1.54, 1.807) is 12.1 Å². The molecule has 1 rings (SSSR count). The van der Waals surface area contributed by atoms with E-state index in [-0.39, 0.29) is 11.7 Å². The van der Waals surface area contributed by atoms with Crippen molar-refractivity contribution < 1.29 is 4.92 Å². The summed E-state index contributed by atoms with van der Waals surface area (Å²) in [6, 6.07) is 6.29. The third-order valence-corrected chi connectivity index (χ3v) is 3.46. The first-order chi connectivity index (χ1) is 9.51. The molecule has 0 aliphatic heterocycles. The molecule has 0 aromatic heterocycles. The highest BCUT2D eigenvalue weighted by atomic mass is 32.1. The van der Waals surface area contributed by atoms with E-state index in [1.165, 1.54) is 6.07 Å². The number of likely N-dealkylation sites (N-methyl/N-ethyl adjacent to an activating group) is 1. The van der Waals surface area contributed by atoms with E-state index in [0.29, 0.717) is 4.99 Å². The molecule has 0 spiro atoms. The van der Waals surface area contributed by atoms with Crippen molar-refractivity contribution in [3.63, 3.8) is 0 Å². The van der Waals surface area contributed by atoms with Crippen LogP contribution in [0.5, 0.6) is 0 Å². The summed E-state index contributed by atoms with van der Waals surface area (Å²) in [5.74, 6) is 0. The number of nitrogens with zero attached hydrogens (tertiary/aromatic N) is 2. The Hall–Kier alpha value is -1.53. The summed E-state index contributed by atoms with van der Waals surface area (Å²) in [5, 5.41) is 10.9. The highest BCUT2D eigenvalue weighted by Gasteiger charge is 2.23. The van der Waals surface area contributed by atoms with Gasteiger partial charge in [-0.25, -0.2) is 0 Å². The lowest BCUT2D eigenvalue weighted by Crippen LogP contribution is -2.37. The minimum absolute atomic E-state index is 0.0651. The molecular formula is C14H21N3O2S. The lowest BCUT2D eigenvalue weighted by molar-refractivity contribution is -0.384. The van der Waals surface area contributed by atoms with Crippen LogP contribution in [0.4, 0.5) is 5.69 Å². The Morgan fingerprint density at radius 2 is 2.20 bits per heavy atom. The maximum Gasteiger partial charge on any atom is 0.269 e. The number of unbranched alkanes of at least 4 members (excludes halogenated alkanes) is 1. The van der Waals surface area contributed by atoms with E-state index in [1.807, 2.05) is 13.0 Å². The molecule has 0 radical (unpaired) electrons. The lowest BCUT2D eigenvalue weighted by atomic mass is 10.0. The Labute approximate surface area is 124 Å². The largest absolute Gasteiger partial charge is 0.392 e. The molecule has 2 N–H and O–H groups in total. The van der Waals surface area contributed by atoms with Gasteiger partial charge in [0.1, 0.15) is 0 Å². The first-order valence-corrected chi connectivity index (χ1v) is 7.19. The zero-order chi connectivity index (χ0) is 15.1. The molecule has 1 atom stereocenters. The molecule has 1 unspecified atom stereocenters. The number of thiocarbonyl (C=S) groups is 1. The van der Waals surface area contributed by atoms with Crippen molar-refractivity contribution in [2.45, 2.75) is 32.7 Å². The van der Waals surface area contributed by atoms with Crippen LogP contribution in [0.1, 0.15) is 38.3 Å². The van der Waals surface area contributed by atoms with E-state index in [9.17, 15) is 10.1 Å². The van der Waals surface area contributed by atoms with Crippen molar-refractivity contribution >= 4 is 22.9 Å². The molecule has 0 saturated carbocycles. The number of hydrogen-bond acceptors (Lipinski definition) is 4. The Morgan fingerprint density at radius 3 is 2.70 bits per heavy atom. The second-order valence-electron chi connectivity index (χ2n) is 4.64. The van der Waals surface area contributed by atoms with E-state index < -0.39 is 4.92 Å². The molecule has 110 valence electrons. The van der Waals surface area contributed by atoms with Gasteiger partial charge < -0.3 is 5.73 Å². The van der Waals surface area contributed by atoms with Crippen LogP contribution in [-0.2, 0) is 0 Å². The predicted octanol–water partition coefficient (Wildman–Crippen LogP) is 3.04. The molecule has 0 aliphatic rings. The number of rotatable bonds is 8. The van der Waals surface area contributed by atoms with Crippen molar-refractivity contribution in [2.75, 3.05) is 13.1 Å². The normalized spacial score (nSPS) is 12.3. The van der Waals surface area contributed by atoms with Crippen LogP contribution in [0.15, 0.2) is 24.3 Å². The van der Waals surface area contributed by atoms with E-state index >= 15 is 0 Å². The van der Waals surface area contributed by atoms with Gasteiger partial charge in [0, 0.05) is 12.1 Å². The smallest absolute Gasteiger partial charge is 0.269 e. The minimum Gasteiger partial charge on any atom is -0.392 e. The van der Waals surface area contributed by atoms with Crippen LogP contribution in [0.2, 0.25) is 0 Å². The van der Waals surface area contributed by atoms with Crippen molar-refractivity contribution in [3.05, 3.63) is 39.9 Å². The quantitative estimate of drug-likeness (QED) is 0.453. The predicted molar refractivity (Wildman–Crippen MR) is 84.8 cm³/mol. The highest BCUT2D eigenvalue weighted by Crippen LogP contribution is 2.25. The average Bonchev–Trinajstić information content (AvgIpc) is 2.42. The van der Waals surface area contributed by atoms with E-state index in [4.69, 9.17) is 18.0 Å². The molecule has 6 heteroatoms. The molecule has 20 heavy (non-hydrogen) atoms. The van der Waals surface area contributed by atoms with E-state index in [0.717, 1.165) is 31.5 Å². The fourth-order valence-electron chi connectivity index (χ4n) is 2.19. The van der Waals surface area contributed by atoms with Crippen molar-refractivity contribution in [3.8, 4) is 0 Å². The molecule has 1 aromatic rings. The third kappa shape index (κ3) is 4.25. The topological polar surface area (TPSA) is 72.4 Å². The molecule has 0 aliphatic carbocycles. The third-order valence-electron chi connectivity index (χ3n) is 3.24. The van der Waals surface area contributed by atoms with Gasteiger partial charge in [0.05, 0.1) is 16.0 Å². The number of nitro benzene ring substituents is 1. The van der Waals surface area contributed by atoms with Gasteiger partial charge in [0.25, 0.3) is 5.69 Å². The second kappa shape index (κ2) is 7.91. The van der Waals surface area contributed by atoms with Crippen LogP contribution in [0.25, 0.3) is 0 Å². The van der Waals surface area contributed by atoms with Crippen molar-refractivity contribution in [1.82, 2.24) is 4.90 Å². The second-order valence-corrected chi connectivity index (χ2v) is 5.11. The Kier molecular flexibility index (Phi) is 6.54. The van der Waals surface area contributed by atoms with Gasteiger partial charge in [0.15, 0.2) is 0 Å². The standard InChI is InChI=1S/C14H21N3O2S/c1-3-5-9-16(4-2)13(14(15)20)11-7-6-8-12(10-11)17(18)19/h6-8,10,13H,3-5,9H2,1-2H3,(H2,15,20). The number of nitrogens with two attached hydrogens (primary N) is 1. The molecule has 5 nitrogen and oxygen atoms in total. The van der Waals surface area contributed by atoms with E-state index in [2.05, 4.69) is 11.8 Å². The van der Waals surface area contributed by atoms with Crippen LogP contribution in [-0.4, -0.2) is 27.9 Å². The summed E-state index contributed by atoms with van der Waals surface area (Å²) in [5.41, 5.74) is 6.71. The van der Waals surface area contributed by atoms with Gasteiger partial charge in [-0.15, -0.1) is 0 Å². The maximum absolute atomic E-state index is 10.9. The van der Waals surface area contributed by atoms with Crippen molar-refractivity contribution in [1.29, 1.82) is 0 Å². The molecule has 0 fully saturated rings. The summed E-state index contributed by atoms with van der Waals surface area (Å²) in [4.78, 5) is 13.0. The van der Waals surface area contributed by atoms with Gasteiger partial charge in [-0.2, -0.15) is 0 Å². The molecular weight excluding hydrogens is 274 g/mol. The van der Waals surface area contributed by atoms with Crippen LogP contribution in [0.3, 0.4) is 0 Å².